The zero-order valence-corrected chi connectivity index (χ0v) is 14.1. The van der Waals surface area contributed by atoms with E-state index in [4.69, 9.17) is 9.47 Å². The van der Waals surface area contributed by atoms with E-state index in [9.17, 15) is 4.79 Å². The van der Waals surface area contributed by atoms with Gasteiger partial charge in [0.2, 0.25) is 0 Å². The van der Waals surface area contributed by atoms with Crippen molar-refractivity contribution in [2.45, 2.75) is 90.6 Å². The lowest BCUT2D eigenvalue weighted by atomic mass is 10.0. The molecule has 21 heavy (non-hydrogen) atoms. The third-order valence-electron chi connectivity index (χ3n) is 3.67. The first-order valence-corrected chi connectivity index (χ1v) is 8.68. The molecule has 0 unspecified atom stereocenters. The van der Waals surface area contributed by atoms with E-state index in [1.165, 1.54) is 51.4 Å². The van der Waals surface area contributed by atoms with Gasteiger partial charge in [0.05, 0.1) is 0 Å². The van der Waals surface area contributed by atoms with E-state index < -0.39 is 6.16 Å². The van der Waals surface area contributed by atoms with Crippen LogP contribution >= 0.6 is 0 Å². The van der Waals surface area contributed by atoms with Gasteiger partial charge in [-0.15, -0.1) is 0 Å². The van der Waals surface area contributed by atoms with Crippen LogP contribution in [-0.2, 0) is 9.47 Å². The van der Waals surface area contributed by atoms with Crippen molar-refractivity contribution in [2.75, 3.05) is 6.61 Å². The highest BCUT2D eigenvalue weighted by Crippen LogP contribution is 2.14. The second-order valence-electron chi connectivity index (χ2n) is 5.61. The zero-order chi connectivity index (χ0) is 15.8. The van der Waals surface area contributed by atoms with Crippen LogP contribution in [0.15, 0.2) is 12.7 Å². The summed E-state index contributed by atoms with van der Waals surface area (Å²) in [6.07, 6.45) is 14.6. The van der Waals surface area contributed by atoms with Gasteiger partial charge in [-0.3, -0.25) is 0 Å². The maximum absolute atomic E-state index is 11.3. The smallest absolute Gasteiger partial charge is 0.431 e. The summed E-state index contributed by atoms with van der Waals surface area (Å²) in [5.41, 5.74) is 0. The van der Waals surface area contributed by atoms with E-state index in [0.29, 0.717) is 0 Å². The third-order valence-corrected chi connectivity index (χ3v) is 3.67. The van der Waals surface area contributed by atoms with Crippen molar-refractivity contribution in [1.82, 2.24) is 0 Å². The molecule has 0 amide bonds. The average Bonchev–Trinajstić information content (AvgIpc) is 2.50. The predicted octanol–water partition coefficient (Wildman–Crippen LogP) is 6.03. The predicted molar refractivity (Wildman–Crippen MR) is 88.6 cm³/mol. The summed E-state index contributed by atoms with van der Waals surface area (Å²) in [4.78, 5) is 11.3. The zero-order valence-electron chi connectivity index (χ0n) is 14.1. The standard InChI is InChI=1S/C18H34O3/c1-4-7-8-9-10-11-12-13-14-15-17(6-3)21-18(19)20-16-5-2/h5,17H,2,4,6-16H2,1,3H3/t17-/m1/s1. The Bertz CT molecular complexity index is 251. The minimum atomic E-state index is -0.572. The van der Waals surface area contributed by atoms with Crippen LogP contribution in [0.2, 0.25) is 0 Å². The van der Waals surface area contributed by atoms with Crippen molar-refractivity contribution < 1.29 is 14.3 Å². The van der Waals surface area contributed by atoms with Crippen LogP contribution in [0.4, 0.5) is 4.79 Å². The highest BCUT2D eigenvalue weighted by molar-refractivity contribution is 5.60. The minimum absolute atomic E-state index is 0.00753. The van der Waals surface area contributed by atoms with Crippen molar-refractivity contribution in [3.05, 3.63) is 12.7 Å². The summed E-state index contributed by atoms with van der Waals surface area (Å²) in [5.74, 6) is 0. The summed E-state index contributed by atoms with van der Waals surface area (Å²) in [6.45, 7) is 8.01. The maximum atomic E-state index is 11.3. The molecule has 0 saturated carbocycles. The average molecular weight is 298 g/mol. The van der Waals surface area contributed by atoms with Crippen LogP contribution in [-0.4, -0.2) is 18.9 Å². The van der Waals surface area contributed by atoms with Gasteiger partial charge in [-0.1, -0.05) is 77.9 Å². The summed E-state index contributed by atoms with van der Waals surface area (Å²) < 4.78 is 10.1. The van der Waals surface area contributed by atoms with Gasteiger partial charge >= 0.3 is 6.16 Å². The van der Waals surface area contributed by atoms with Gasteiger partial charge in [0, 0.05) is 0 Å². The number of rotatable bonds is 14. The van der Waals surface area contributed by atoms with E-state index in [1.54, 1.807) is 6.08 Å². The molecule has 0 spiro atoms. The largest absolute Gasteiger partial charge is 0.508 e. The van der Waals surface area contributed by atoms with E-state index in [-0.39, 0.29) is 12.7 Å². The fraction of sp³-hybridized carbons (Fsp3) is 0.833. The number of carbonyl (C=O) groups is 1. The van der Waals surface area contributed by atoms with Gasteiger partial charge in [-0.05, 0) is 19.3 Å². The van der Waals surface area contributed by atoms with Crippen LogP contribution < -0.4 is 0 Å². The fourth-order valence-electron chi connectivity index (χ4n) is 2.33. The van der Waals surface area contributed by atoms with Crippen LogP contribution in [0.1, 0.15) is 84.5 Å². The molecule has 0 bridgehead atoms. The van der Waals surface area contributed by atoms with Gasteiger partial charge in [0.25, 0.3) is 0 Å². The topological polar surface area (TPSA) is 35.5 Å². The molecule has 3 heteroatoms. The maximum Gasteiger partial charge on any atom is 0.508 e. The lowest BCUT2D eigenvalue weighted by molar-refractivity contribution is 0.0245. The molecule has 0 aromatic heterocycles. The first-order chi connectivity index (χ1) is 10.2. The molecule has 0 N–H and O–H groups in total. The number of unbranched alkanes of at least 4 members (excludes halogenated alkanes) is 8. The van der Waals surface area contributed by atoms with Gasteiger partial charge < -0.3 is 9.47 Å². The monoisotopic (exact) mass is 298 g/mol. The molecule has 0 rings (SSSR count). The van der Waals surface area contributed by atoms with E-state index in [1.807, 2.05) is 6.92 Å². The molecule has 3 nitrogen and oxygen atoms in total. The number of hydrogen-bond donors (Lipinski definition) is 0. The Morgan fingerprint density at radius 1 is 1.00 bits per heavy atom. The molecule has 0 aliphatic heterocycles. The van der Waals surface area contributed by atoms with Crippen LogP contribution in [0, 0.1) is 0 Å². The normalized spacial score (nSPS) is 11.9. The summed E-state index contributed by atoms with van der Waals surface area (Å²) >= 11 is 0. The summed E-state index contributed by atoms with van der Waals surface area (Å²) in [5, 5.41) is 0. The number of carbonyl (C=O) groups excluding carboxylic acids is 1. The van der Waals surface area contributed by atoms with Crippen molar-refractivity contribution in [3.8, 4) is 0 Å². The van der Waals surface area contributed by atoms with Gasteiger partial charge in [0.15, 0.2) is 0 Å². The number of ether oxygens (including phenoxy) is 2. The highest BCUT2D eigenvalue weighted by atomic mass is 16.7. The molecule has 0 aliphatic rings. The Morgan fingerprint density at radius 2 is 1.57 bits per heavy atom. The molecule has 124 valence electrons. The third kappa shape index (κ3) is 13.7. The van der Waals surface area contributed by atoms with E-state index in [2.05, 4.69) is 13.5 Å². The molecule has 0 fully saturated rings. The van der Waals surface area contributed by atoms with E-state index in [0.717, 1.165) is 19.3 Å². The SMILES string of the molecule is C=CCOC(=O)O[C@H](CC)CCCCCCCCCCC. The molecule has 0 aromatic carbocycles. The Labute approximate surface area is 131 Å². The fourth-order valence-corrected chi connectivity index (χ4v) is 2.33. The lowest BCUT2D eigenvalue weighted by Gasteiger charge is -2.15. The van der Waals surface area contributed by atoms with Crippen LogP contribution in [0.3, 0.4) is 0 Å². The number of hydrogen-bond acceptors (Lipinski definition) is 3. The van der Waals surface area contributed by atoms with Gasteiger partial charge in [0.1, 0.15) is 12.7 Å². The summed E-state index contributed by atoms with van der Waals surface area (Å²) in [6, 6.07) is 0. The second kappa shape index (κ2) is 15.4. The molecule has 0 radical (unpaired) electrons. The Balaban J connectivity index is 3.46. The Kier molecular flexibility index (Phi) is 14.7. The Hall–Kier alpha value is -0.990. The molecular weight excluding hydrogens is 264 g/mol. The highest BCUT2D eigenvalue weighted by Gasteiger charge is 2.12. The summed E-state index contributed by atoms with van der Waals surface area (Å²) in [7, 11) is 0. The molecule has 0 heterocycles. The molecule has 0 saturated heterocycles. The van der Waals surface area contributed by atoms with Crippen LogP contribution in [0.5, 0.6) is 0 Å². The second-order valence-corrected chi connectivity index (χ2v) is 5.61. The molecular formula is C18H34O3. The van der Waals surface area contributed by atoms with Gasteiger partial charge in [-0.2, -0.15) is 0 Å². The minimum Gasteiger partial charge on any atom is -0.431 e. The van der Waals surface area contributed by atoms with Crippen molar-refractivity contribution in [1.29, 1.82) is 0 Å². The Morgan fingerprint density at radius 3 is 2.10 bits per heavy atom. The van der Waals surface area contributed by atoms with Crippen molar-refractivity contribution in [2.24, 2.45) is 0 Å². The quantitative estimate of drug-likeness (QED) is 0.223. The molecule has 0 aliphatic carbocycles. The first-order valence-electron chi connectivity index (χ1n) is 8.68. The van der Waals surface area contributed by atoms with Crippen molar-refractivity contribution in [3.63, 3.8) is 0 Å². The first kappa shape index (κ1) is 20.0. The van der Waals surface area contributed by atoms with Crippen LogP contribution in [0.25, 0.3) is 0 Å². The van der Waals surface area contributed by atoms with Gasteiger partial charge in [-0.25, -0.2) is 4.79 Å². The lowest BCUT2D eigenvalue weighted by Crippen LogP contribution is -2.18. The molecule has 1 atom stereocenters. The molecule has 0 aromatic rings. The van der Waals surface area contributed by atoms with E-state index >= 15 is 0 Å². The van der Waals surface area contributed by atoms with Crippen molar-refractivity contribution >= 4 is 6.16 Å².